The summed E-state index contributed by atoms with van der Waals surface area (Å²) in [5.41, 5.74) is 3.28. The molecule has 0 N–H and O–H groups in total. The lowest BCUT2D eigenvalue weighted by atomic mass is 10.1. The van der Waals surface area contributed by atoms with Crippen molar-refractivity contribution in [3.63, 3.8) is 0 Å². The number of ether oxygens (including phenoxy) is 4. The maximum absolute atomic E-state index is 6.21. The predicted molar refractivity (Wildman–Crippen MR) is 100 cm³/mol. The number of hydrogen-bond donors (Lipinski definition) is 0. The van der Waals surface area contributed by atoms with Gasteiger partial charge in [-0.2, -0.15) is 0 Å². The van der Waals surface area contributed by atoms with Crippen LogP contribution in [0.3, 0.4) is 0 Å². The molecule has 0 aliphatic rings. The molecule has 2 rings (SSSR count). The van der Waals surface area contributed by atoms with Gasteiger partial charge in [0.25, 0.3) is 0 Å². The van der Waals surface area contributed by atoms with Crippen LogP contribution in [-0.4, -0.2) is 33.5 Å². The second kappa shape index (κ2) is 9.54. The Morgan fingerprint density at radius 1 is 0.800 bits per heavy atom. The molecule has 0 saturated carbocycles. The summed E-state index contributed by atoms with van der Waals surface area (Å²) in [6.07, 6.45) is 0. The first kappa shape index (κ1) is 19.4. The predicted octanol–water partition coefficient (Wildman–Crippen LogP) is 4.75. The standard InChI is InChI=1S/C20H25ClO4/c1-14-5-6-18(19(13-14)22-4)24-9-7-23-8-10-25-20-16(3)11-15(2)12-17(20)21/h5-6,11-13H,7-10H2,1-4H3. The monoisotopic (exact) mass is 364 g/mol. The molecule has 0 saturated heterocycles. The molecule has 2 aromatic rings. The molecule has 4 nitrogen and oxygen atoms in total. The second-order valence-electron chi connectivity index (χ2n) is 5.86. The highest BCUT2D eigenvalue weighted by atomic mass is 35.5. The summed E-state index contributed by atoms with van der Waals surface area (Å²) in [4.78, 5) is 0. The summed E-state index contributed by atoms with van der Waals surface area (Å²) in [7, 11) is 1.63. The van der Waals surface area contributed by atoms with Crippen LogP contribution in [0.2, 0.25) is 5.02 Å². The zero-order valence-corrected chi connectivity index (χ0v) is 16.0. The van der Waals surface area contributed by atoms with Crippen molar-refractivity contribution in [3.05, 3.63) is 52.0 Å². The van der Waals surface area contributed by atoms with Crippen molar-refractivity contribution in [2.24, 2.45) is 0 Å². The normalized spacial score (nSPS) is 10.6. The minimum absolute atomic E-state index is 0.442. The molecular weight excluding hydrogens is 340 g/mol. The van der Waals surface area contributed by atoms with E-state index in [1.165, 1.54) is 0 Å². The van der Waals surface area contributed by atoms with Crippen molar-refractivity contribution in [3.8, 4) is 17.2 Å². The van der Waals surface area contributed by atoms with Gasteiger partial charge in [-0.05, 0) is 55.7 Å². The average molecular weight is 365 g/mol. The maximum atomic E-state index is 6.21. The van der Waals surface area contributed by atoms with Crippen LogP contribution in [0.1, 0.15) is 16.7 Å². The third kappa shape index (κ3) is 5.83. The van der Waals surface area contributed by atoms with Gasteiger partial charge in [-0.3, -0.25) is 0 Å². The van der Waals surface area contributed by atoms with Gasteiger partial charge in [-0.1, -0.05) is 23.7 Å². The topological polar surface area (TPSA) is 36.9 Å². The summed E-state index contributed by atoms with van der Waals surface area (Å²) in [6.45, 7) is 7.84. The highest BCUT2D eigenvalue weighted by molar-refractivity contribution is 6.32. The molecule has 2 aromatic carbocycles. The third-order valence-corrected chi connectivity index (χ3v) is 3.93. The van der Waals surface area contributed by atoms with E-state index >= 15 is 0 Å². The van der Waals surface area contributed by atoms with Crippen molar-refractivity contribution in [2.75, 3.05) is 33.5 Å². The number of hydrogen-bond acceptors (Lipinski definition) is 4. The van der Waals surface area contributed by atoms with Crippen molar-refractivity contribution in [1.82, 2.24) is 0 Å². The molecular formula is C20H25ClO4. The summed E-state index contributed by atoms with van der Waals surface area (Å²) < 4.78 is 22.3. The van der Waals surface area contributed by atoms with Gasteiger partial charge in [0.15, 0.2) is 11.5 Å². The van der Waals surface area contributed by atoms with Crippen LogP contribution in [0.25, 0.3) is 0 Å². The van der Waals surface area contributed by atoms with E-state index in [1.807, 2.05) is 51.1 Å². The lowest BCUT2D eigenvalue weighted by Gasteiger charge is -2.13. The fraction of sp³-hybridized carbons (Fsp3) is 0.400. The Morgan fingerprint density at radius 3 is 2.20 bits per heavy atom. The molecule has 5 heteroatoms. The van der Waals surface area contributed by atoms with Gasteiger partial charge in [0.1, 0.15) is 19.0 Å². The number of halogens is 1. The minimum atomic E-state index is 0.442. The molecule has 0 aliphatic heterocycles. The van der Waals surface area contributed by atoms with E-state index in [1.54, 1.807) is 7.11 Å². The van der Waals surface area contributed by atoms with Gasteiger partial charge in [0.05, 0.1) is 25.3 Å². The number of aryl methyl sites for hydroxylation is 3. The van der Waals surface area contributed by atoms with Crippen molar-refractivity contribution < 1.29 is 18.9 Å². The van der Waals surface area contributed by atoms with E-state index in [4.69, 9.17) is 30.5 Å². The Hall–Kier alpha value is -1.91. The van der Waals surface area contributed by atoms with Crippen molar-refractivity contribution >= 4 is 11.6 Å². The quantitative estimate of drug-likeness (QED) is 0.602. The fourth-order valence-electron chi connectivity index (χ4n) is 2.49. The summed E-state index contributed by atoms with van der Waals surface area (Å²) in [5.74, 6) is 2.17. The van der Waals surface area contributed by atoms with Gasteiger partial charge in [-0.15, -0.1) is 0 Å². The Kier molecular flexibility index (Phi) is 7.41. The van der Waals surface area contributed by atoms with Crippen LogP contribution in [0.4, 0.5) is 0 Å². The van der Waals surface area contributed by atoms with Gasteiger partial charge >= 0.3 is 0 Å². The van der Waals surface area contributed by atoms with Gasteiger partial charge in [-0.25, -0.2) is 0 Å². The van der Waals surface area contributed by atoms with Crippen LogP contribution in [0, 0.1) is 20.8 Å². The first-order valence-corrected chi connectivity index (χ1v) is 8.64. The zero-order valence-electron chi connectivity index (χ0n) is 15.2. The van der Waals surface area contributed by atoms with E-state index < -0.39 is 0 Å². The van der Waals surface area contributed by atoms with Gasteiger partial charge < -0.3 is 18.9 Å². The fourth-order valence-corrected chi connectivity index (χ4v) is 2.87. The second-order valence-corrected chi connectivity index (χ2v) is 6.26. The lowest BCUT2D eigenvalue weighted by molar-refractivity contribution is 0.0756. The molecule has 0 fully saturated rings. The Bertz CT molecular complexity index is 677. The molecule has 0 amide bonds. The molecule has 0 radical (unpaired) electrons. The van der Waals surface area contributed by atoms with Gasteiger partial charge in [0.2, 0.25) is 0 Å². The summed E-state index contributed by atoms with van der Waals surface area (Å²) in [6, 6.07) is 9.77. The van der Waals surface area contributed by atoms with Gasteiger partial charge in [0, 0.05) is 0 Å². The molecule has 136 valence electrons. The smallest absolute Gasteiger partial charge is 0.161 e. The van der Waals surface area contributed by atoms with E-state index in [2.05, 4.69) is 0 Å². The third-order valence-electron chi connectivity index (χ3n) is 3.65. The van der Waals surface area contributed by atoms with Crippen LogP contribution < -0.4 is 14.2 Å². The highest BCUT2D eigenvalue weighted by Gasteiger charge is 2.07. The molecule has 25 heavy (non-hydrogen) atoms. The molecule has 0 bridgehead atoms. The number of rotatable bonds is 9. The average Bonchev–Trinajstić information content (AvgIpc) is 2.56. The van der Waals surface area contributed by atoms with Crippen molar-refractivity contribution in [2.45, 2.75) is 20.8 Å². The molecule has 0 aliphatic carbocycles. The molecule has 0 atom stereocenters. The minimum Gasteiger partial charge on any atom is -0.493 e. The first-order valence-electron chi connectivity index (χ1n) is 8.26. The van der Waals surface area contributed by atoms with Crippen LogP contribution in [0.15, 0.2) is 30.3 Å². The SMILES string of the molecule is COc1cc(C)ccc1OCCOCCOc1c(C)cc(C)cc1Cl. The Labute approximate surface area is 154 Å². The zero-order chi connectivity index (χ0) is 18.2. The first-order chi connectivity index (χ1) is 12.0. The highest BCUT2D eigenvalue weighted by Crippen LogP contribution is 2.30. The molecule has 0 heterocycles. The van der Waals surface area contributed by atoms with Crippen LogP contribution in [0.5, 0.6) is 17.2 Å². The van der Waals surface area contributed by atoms with E-state index in [-0.39, 0.29) is 0 Å². The van der Waals surface area contributed by atoms with E-state index in [0.29, 0.717) is 31.5 Å². The number of methoxy groups -OCH3 is 1. The molecule has 0 unspecified atom stereocenters. The summed E-state index contributed by atoms with van der Waals surface area (Å²) >= 11 is 6.21. The van der Waals surface area contributed by atoms with Crippen LogP contribution in [-0.2, 0) is 4.74 Å². The van der Waals surface area contributed by atoms with E-state index in [9.17, 15) is 0 Å². The van der Waals surface area contributed by atoms with Crippen LogP contribution >= 0.6 is 11.6 Å². The lowest BCUT2D eigenvalue weighted by Crippen LogP contribution is -2.12. The largest absolute Gasteiger partial charge is 0.493 e. The molecule has 0 aromatic heterocycles. The number of benzene rings is 2. The van der Waals surface area contributed by atoms with E-state index in [0.717, 1.165) is 33.9 Å². The maximum Gasteiger partial charge on any atom is 0.161 e. The Morgan fingerprint density at radius 2 is 1.52 bits per heavy atom. The molecule has 0 spiro atoms. The summed E-state index contributed by atoms with van der Waals surface area (Å²) in [5, 5.41) is 0.632. The Balaban J connectivity index is 1.68. The van der Waals surface area contributed by atoms with Crippen molar-refractivity contribution in [1.29, 1.82) is 0 Å².